The molecule has 0 spiro atoms. The predicted molar refractivity (Wildman–Crippen MR) is 51.3 cm³/mol. The highest BCUT2D eigenvalue weighted by molar-refractivity contribution is 5.76. The fourth-order valence-electron chi connectivity index (χ4n) is 1.41. The first kappa shape index (κ1) is 10.5. The predicted octanol–water partition coefficient (Wildman–Crippen LogP) is 1.06. The molecule has 0 bridgehead atoms. The van der Waals surface area contributed by atoms with Crippen molar-refractivity contribution in [2.24, 2.45) is 5.92 Å². The molecule has 0 aromatic heterocycles. The Bertz CT molecular complexity index is 166. The molecule has 0 aliphatic heterocycles. The third-order valence-corrected chi connectivity index (χ3v) is 2.70. The van der Waals surface area contributed by atoms with Crippen LogP contribution in [-0.2, 0) is 4.79 Å². The summed E-state index contributed by atoms with van der Waals surface area (Å²) in [6.45, 7) is 2.31. The Labute approximate surface area is 79.5 Å². The zero-order chi connectivity index (χ0) is 9.68. The van der Waals surface area contributed by atoms with Crippen LogP contribution in [0.2, 0.25) is 0 Å². The number of carbonyl (C=O) groups is 1. The second-order valence-electron chi connectivity index (χ2n) is 3.87. The Morgan fingerprint density at radius 2 is 2.31 bits per heavy atom. The summed E-state index contributed by atoms with van der Waals surface area (Å²) in [6.07, 6.45) is 4.63. The molecule has 1 saturated carbocycles. The van der Waals surface area contributed by atoms with Crippen LogP contribution in [0.1, 0.15) is 39.0 Å². The van der Waals surface area contributed by atoms with E-state index in [0.717, 1.165) is 0 Å². The van der Waals surface area contributed by atoms with E-state index in [-0.39, 0.29) is 12.0 Å². The highest BCUT2D eigenvalue weighted by Gasteiger charge is 2.20. The van der Waals surface area contributed by atoms with E-state index in [2.05, 4.69) is 5.32 Å². The summed E-state index contributed by atoms with van der Waals surface area (Å²) in [5, 5.41) is 11.9. The lowest BCUT2D eigenvalue weighted by molar-refractivity contribution is -0.123. The summed E-state index contributed by atoms with van der Waals surface area (Å²) in [7, 11) is 0. The standard InChI is InChI=1S/C10H19NO2/c1-2-9(12)7-11-10(13)6-8-4-3-5-8/h8-9,12H,2-7H2,1H3,(H,11,13). The minimum atomic E-state index is -0.384. The first-order valence-electron chi connectivity index (χ1n) is 5.17. The van der Waals surface area contributed by atoms with Gasteiger partial charge in [-0.3, -0.25) is 4.79 Å². The van der Waals surface area contributed by atoms with Gasteiger partial charge in [-0.25, -0.2) is 0 Å². The quantitative estimate of drug-likeness (QED) is 0.673. The molecule has 3 nitrogen and oxygen atoms in total. The largest absolute Gasteiger partial charge is 0.391 e. The maximum atomic E-state index is 11.2. The van der Waals surface area contributed by atoms with Crippen LogP contribution < -0.4 is 5.32 Å². The molecule has 0 saturated heterocycles. The van der Waals surface area contributed by atoms with Gasteiger partial charge in [-0.2, -0.15) is 0 Å². The van der Waals surface area contributed by atoms with Crippen LogP contribution in [0.3, 0.4) is 0 Å². The van der Waals surface area contributed by atoms with Crippen LogP contribution in [0.15, 0.2) is 0 Å². The van der Waals surface area contributed by atoms with E-state index in [1.807, 2.05) is 6.92 Å². The summed E-state index contributed by atoms with van der Waals surface area (Å²) in [5.41, 5.74) is 0. The number of carbonyl (C=O) groups excluding carboxylic acids is 1. The summed E-state index contributed by atoms with van der Waals surface area (Å²) in [6, 6.07) is 0. The molecule has 0 aromatic rings. The van der Waals surface area contributed by atoms with Crippen molar-refractivity contribution in [3.8, 4) is 0 Å². The summed E-state index contributed by atoms with van der Waals surface area (Å²) >= 11 is 0. The van der Waals surface area contributed by atoms with Gasteiger partial charge in [-0.05, 0) is 25.2 Å². The average molecular weight is 185 g/mol. The smallest absolute Gasteiger partial charge is 0.220 e. The highest BCUT2D eigenvalue weighted by atomic mass is 16.3. The van der Waals surface area contributed by atoms with Crippen molar-refractivity contribution in [2.75, 3.05) is 6.54 Å². The van der Waals surface area contributed by atoms with E-state index in [1.165, 1.54) is 19.3 Å². The van der Waals surface area contributed by atoms with Crippen LogP contribution in [0, 0.1) is 5.92 Å². The zero-order valence-corrected chi connectivity index (χ0v) is 8.25. The Hall–Kier alpha value is -0.570. The fraction of sp³-hybridized carbons (Fsp3) is 0.900. The summed E-state index contributed by atoms with van der Waals surface area (Å²) in [4.78, 5) is 11.2. The van der Waals surface area contributed by atoms with Gasteiger partial charge in [-0.15, -0.1) is 0 Å². The normalized spacial score (nSPS) is 19.2. The molecule has 1 aliphatic carbocycles. The maximum absolute atomic E-state index is 11.2. The molecular weight excluding hydrogens is 166 g/mol. The van der Waals surface area contributed by atoms with Gasteiger partial charge in [0.15, 0.2) is 0 Å². The number of rotatable bonds is 5. The Morgan fingerprint density at radius 1 is 1.62 bits per heavy atom. The second-order valence-corrected chi connectivity index (χ2v) is 3.87. The van der Waals surface area contributed by atoms with Crippen LogP contribution in [-0.4, -0.2) is 23.7 Å². The van der Waals surface area contributed by atoms with E-state index in [4.69, 9.17) is 0 Å². The van der Waals surface area contributed by atoms with E-state index in [0.29, 0.717) is 25.3 Å². The molecule has 2 N–H and O–H groups in total. The van der Waals surface area contributed by atoms with Crippen molar-refractivity contribution in [3.63, 3.8) is 0 Å². The number of hydrogen-bond donors (Lipinski definition) is 2. The highest BCUT2D eigenvalue weighted by Crippen LogP contribution is 2.28. The van der Waals surface area contributed by atoms with Gasteiger partial charge in [0.25, 0.3) is 0 Å². The maximum Gasteiger partial charge on any atom is 0.220 e. The Morgan fingerprint density at radius 3 is 2.77 bits per heavy atom. The number of nitrogens with one attached hydrogen (secondary N) is 1. The molecule has 76 valence electrons. The van der Waals surface area contributed by atoms with E-state index >= 15 is 0 Å². The van der Waals surface area contributed by atoms with Gasteiger partial charge in [0, 0.05) is 13.0 Å². The molecular formula is C10H19NO2. The SMILES string of the molecule is CCC(O)CNC(=O)CC1CCC1. The molecule has 0 radical (unpaired) electrons. The zero-order valence-electron chi connectivity index (χ0n) is 8.25. The van der Waals surface area contributed by atoms with Crippen molar-refractivity contribution in [3.05, 3.63) is 0 Å². The molecule has 13 heavy (non-hydrogen) atoms. The monoisotopic (exact) mass is 185 g/mol. The van der Waals surface area contributed by atoms with Crippen molar-refractivity contribution in [2.45, 2.75) is 45.1 Å². The summed E-state index contributed by atoms with van der Waals surface area (Å²) < 4.78 is 0. The van der Waals surface area contributed by atoms with Crippen molar-refractivity contribution in [1.82, 2.24) is 5.32 Å². The molecule has 1 aliphatic rings. The third kappa shape index (κ3) is 3.77. The molecule has 1 atom stereocenters. The minimum Gasteiger partial charge on any atom is -0.391 e. The van der Waals surface area contributed by atoms with Crippen LogP contribution in [0.25, 0.3) is 0 Å². The molecule has 3 heteroatoms. The first-order chi connectivity index (χ1) is 6.22. The molecule has 0 heterocycles. The van der Waals surface area contributed by atoms with Gasteiger partial charge in [0.1, 0.15) is 0 Å². The van der Waals surface area contributed by atoms with Crippen LogP contribution >= 0.6 is 0 Å². The van der Waals surface area contributed by atoms with Crippen molar-refractivity contribution >= 4 is 5.91 Å². The first-order valence-corrected chi connectivity index (χ1v) is 5.17. The van der Waals surface area contributed by atoms with Crippen molar-refractivity contribution in [1.29, 1.82) is 0 Å². The average Bonchev–Trinajstić information content (AvgIpc) is 2.07. The van der Waals surface area contributed by atoms with Gasteiger partial charge in [0.05, 0.1) is 6.10 Å². The lowest BCUT2D eigenvalue weighted by atomic mass is 9.83. The number of aliphatic hydroxyl groups is 1. The van der Waals surface area contributed by atoms with Gasteiger partial charge < -0.3 is 10.4 Å². The van der Waals surface area contributed by atoms with Gasteiger partial charge >= 0.3 is 0 Å². The Balaban J connectivity index is 2.03. The Kier molecular flexibility index (Phi) is 4.22. The lowest BCUT2D eigenvalue weighted by Gasteiger charge is -2.24. The third-order valence-electron chi connectivity index (χ3n) is 2.70. The van der Waals surface area contributed by atoms with Crippen LogP contribution in [0.4, 0.5) is 0 Å². The van der Waals surface area contributed by atoms with Crippen LogP contribution in [0.5, 0.6) is 0 Å². The molecule has 1 unspecified atom stereocenters. The minimum absolute atomic E-state index is 0.0946. The summed E-state index contributed by atoms with van der Waals surface area (Å²) in [5.74, 6) is 0.705. The molecule has 1 rings (SSSR count). The fourth-order valence-corrected chi connectivity index (χ4v) is 1.41. The van der Waals surface area contributed by atoms with E-state index in [9.17, 15) is 9.90 Å². The van der Waals surface area contributed by atoms with E-state index < -0.39 is 0 Å². The molecule has 0 aromatic carbocycles. The van der Waals surface area contributed by atoms with E-state index in [1.54, 1.807) is 0 Å². The number of amides is 1. The number of aliphatic hydroxyl groups excluding tert-OH is 1. The molecule has 1 fully saturated rings. The molecule has 1 amide bonds. The lowest BCUT2D eigenvalue weighted by Crippen LogP contribution is -2.33. The topological polar surface area (TPSA) is 49.3 Å². The van der Waals surface area contributed by atoms with Gasteiger partial charge in [0.2, 0.25) is 5.91 Å². The second kappa shape index (κ2) is 5.22. The van der Waals surface area contributed by atoms with Crippen molar-refractivity contribution < 1.29 is 9.90 Å². The van der Waals surface area contributed by atoms with Gasteiger partial charge in [-0.1, -0.05) is 13.3 Å². The number of hydrogen-bond acceptors (Lipinski definition) is 2.